The molecule has 0 fully saturated rings. The van der Waals surface area contributed by atoms with Gasteiger partial charge in [-0.2, -0.15) is 8.42 Å². The van der Waals surface area contributed by atoms with Gasteiger partial charge in [0, 0.05) is 25.7 Å². The van der Waals surface area contributed by atoms with Gasteiger partial charge in [0.1, 0.15) is 29.6 Å². The third-order valence-electron chi connectivity index (χ3n) is 7.34. The minimum absolute atomic E-state index is 0.0554. The number of hydrogen-bond donors (Lipinski definition) is 6. The summed E-state index contributed by atoms with van der Waals surface area (Å²) in [6, 6.07) is 9.97. The van der Waals surface area contributed by atoms with Crippen LogP contribution in [-0.4, -0.2) is 148 Å². The van der Waals surface area contributed by atoms with Gasteiger partial charge in [0.15, 0.2) is 0 Å². The van der Waals surface area contributed by atoms with Crippen molar-refractivity contribution < 1.29 is 71.9 Å². The summed E-state index contributed by atoms with van der Waals surface area (Å²) in [5.41, 5.74) is 1.95. The van der Waals surface area contributed by atoms with Crippen molar-refractivity contribution in [3.05, 3.63) is 53.6 Å². The zero-order valence-electron chi connectivity index (χ0n) is 27.9. The molecule has 1 atom stereocenters. The van der Waals surface area contributed by atoms with Gasteiger partial charge in [0.25, 0.3) is 10.1 Å². The zero-order chi connectivity index (χ0) is 38.1. The molecule has 51 heavy (non-hydrogen) atoms. The highest BCUT2D eigenvalue weighted by Crippen LogP contribution is 2.29. The van der Waals surface area contributed by atoms with Gasteiger partial charge in [-0.25, -0.2) is 0 Å². The van der Waals surface area contributed by atoms with Crippen molar-refractivity contribution in [3.63, 3.8) is 0 Å². The van der Waals surface area contributed by atoms with Crippen LogP contribution in [0.1, 0.15) is 30.9 Å². The zero-order valence-corrected chi connectivity index (χ0v) is 28.7. The molecule has 0 aromatic heterocycles. The number of carbonyl (C=O) groups is 5. The predicted molar refractivity (Wildman–Crippen MR) is 178 cm³/mol. The van der Waals surface area contributed by atoms with Gasteiger partial charge >= 0.3 is 29.8 Å². The number of hydrogen-bond acceptors (Lipinski definition) is 12. The van der Waals surface area contributed by atoms with Gasteiger partial charge < -0.3 is 35.0 Å². The number of benzene rings is 2. The summed E-state index contributed by atoms with van der Waals surface area (Å²) < 4.78 is 46.2. The lowest BCUT2D eigenvalue weighted by Crippen LogP contribution is -2.52. The second-order valence-electron chi connectivity index (χ2n) is 11.6. The van der Waals surface area contributed by atoms with Crippen molar-refractivity contribution in [3.8, 4) is 11.5 Å². The van der Waals surface area contributed by atoms with Gasteiger partial charge in [-0.1, -0.05) is 37.6 Å². The first-order valence-electron chi connectivity index (χ1n) is 15.7. The molecule has 0 heterocycles. The Labute approximate surface area is 294 Å². The second kappa shape index (κ2) is 20.8. The maximum Gasteiger partial charge on any atom is 0.317 e. The topological polar surface area (TPSA) is 269 Å². The average Bonchev–Trinajstić information content (AvgIpc) is 3.02. The van der Waals surface area contributed by atoms with Gasteiger partial charge in [0.05, 0.1) is 38.8 Å². The molecule has 0 aliphatic carbocycles. The third kappa shape index (κ3) is 16.6. The first-order valence-corrected chi connectivity index (χ1v) is 17.1. The van der Waals surface area contributed by atoms with Crippen molar-refractivity contribution in [1.29, 1.82) is 0 Å². The minimum atomic E-state index is -4.93. The third-order valence-corrected chi connectivity index (χ3v) is 8.22. The summed E-state index contributed by atoms with van der Waals surface area (Å²) in [6.07, 6.45) is 3.03. The lowest BCUT2D eigenvalue weighted by atomic mass is 10.1. The normalized spacial score (nSPS) is 12.2. The number of ether oxygens (including phenoxy) is 2. The van der Waals surface area contributed by atoms with Crippen LogP contribution in [0.25, 0.3) is 0 Å². The summed E-state index contributed by atoms with van der Waals surface area (Å²) >= 11 is 0. The van der Waals surface area contributed by atoms with E-state index >= 15 is 0 Å². The van der Waals surface area contributed by atoms with Crippen LogP contribution in [0.2, 0.25) is 0 Å². The molecule has 2 aromatic carbocycles. The molecular formula is C32H43N3O15S. The number of unbranched alkanes of at least 4 members (excludes halogenated alkanes) is 1. The molecule has 0 bridgehead atoms. The number of aliphatic carboxylic acids is 5. The summed E-state index contributed by atoms with van der Waals surface area (Å²) in [5, 5.41) is 46.8. The molecule has 18 nitrogen and oxygen atoms in total. The molecule has 1 unspecified atom stereocenters. The van der Waals surface area contributed by atoms with Crippen LogP contribution in [0.4, 0.5) is 0 Å². The Hall–Kier alpha value is -4.82. The van der Waals surface area contributed by atoms with E-state index in [1.807, 2.05) is 24.3 Å². The number of carboxylic acid groups (broad SMARTS) is 5. The molecule has 282 valence electrons. The highest BCUT2D eigenvalue weighted by molar-refractivity contribution is 7.86. The van der Waals surface area contributed by atoms with E-state index in [1.165, 1.54) is 17.0 Å². The molecule has 0 spiro atoms. The molecule has 0 amide bonds. The quantitative estimate of drug-likeness (QED) is 0.0732. The van der Waals surface area contributed by atoms with Crippen LogP contribution in [0.3, 0.4) is 0 Å². The lowest BCUT2D eigenvalue weighted by Gasteiger charge is -2.34. The SMILES string of the molecule is CCCCc1ccc(COc2ccc(OCC(CN(CCN(CC(=O)O)CC(=O)O)CC(=O)O)N(CC(=O)O)CC(=O)O)c(S(=O)(=O)O)c2)cc1. The Morgan fingerprint density at radius 3 is 1.73 bits per heavy atom. The first kappa shape index (κ1) is 42.3. The Morgan fingerprint density at radius 1 is 0.706 bits per heavy atom. The largest absolute Gasteiger partial charge is 0.490 e. The van der Waals surface area contributed by atoms with Crippen molar-refractivity contribution in [1.82, 2.24) is 14.7 Å². The van der Waals surface area contributed by atoms with Gasteiger partial charge in [-0.3, -0.25) is 43.2 Å². The summed E-state index contributed by atoms with van der Waals surface area (Å²) in [7, 11) is -4.93. The van der Waals surface area contributed by atoms with Crippen LogP contribution in [0.15, 0.2) is 47.4 Å². The standard InChI is InChI=1S/C32H43N3O15S/c1-2-3-4-22-5-7-23(8-6-22)20-49-25-9-10-26(27(13-25)51(46,47)48)50-21-24(35(18-31(42)43)19-32(44)45)14-33(15-28(36)37)11-12-34(16-29(38)39)17-30(40)41/h5-10,13,24H,2-4,11-12,14-21H2,1H3,(H,36,37)(H,38,39)(H,40,41)(H,42,43)(H,44,45)(H,46,47,48). The molecule has 2 rings (SSSR count). The van der Waals surface area contributed by atoms with E-state index in [-0.39, 0.29) is 25.4 Å². The Balaban J connectivity index is 2.35. The molecule has 0 aliphatic heterocycles. The number of rotatable bonds is 26. The van der Waals surface area contributed by atoms with Crippen LogP contribution >= 0.6 is 0 Å². The fourth-order valence-electron chi connectivity index (χ4n) is 4.97. The molecule has 0 aliphatic rings. The van der Waals surface area contributed by atoms with E-state index in [1.54, 1.807) is 0 Å². The Bertz CT molecular complexity index is 1570. The Morgan fingerprint density at radius 2 is 1.22 bits per heavy atom. The predicted octanol–water partition coefficient (Wildman–Crippen LogP) is 0.931. The van der Waals surface area contributed by atoms with Gasteiger partial charge in [-0.15, -0.1) is 0 Å². The highest BCUT2D eigenvalue weighted by Gasteiger charge is 2.29. The van der Waals surface area contributed by atoms with Gasteiger partial charge in [-0.05, 0) is 36.1 Å². The minimum Gasteiger partial charge on any atom is -0.490 e. The molecule has 19 heteroatoms. The van der Waals surface area contributed by atoms with Crippen LogP contribution in [-0.2, 0) is 47.1 Å². The molecule has 6 N–H and O–H groups in total. The van der Waals surface area contributed by atoms with Crippen molar-refractivity contribution in [2.24, 2.45) is 0 Å². The molecule has 0 saturated heterocycles. The molecule has 2 aromatic rings. The molecule has 0 saturated carbocycles. The van der Waals surface area contributed by atoms with Crippen LogP contribution in [0.5, 0.6) is 11.5 Å². The second-order valence-corrected chi connectivity index (χ2v) is 13.0. The summed E-state index contributed by atoms with van der Waals surface area (Å²) in [6.45, 7) is -3.16. The molecular weight excluding hydrogens is 698 g/mol. The summed E-state index contributed by atoms with van der Waals surface area (Å²) in [5.74, 6) is -7.29. The van der Waals surface area contributed by atoms with E-state index in [0.29, 0.717) is 0 Å². The van der Waals surface area contributed by atoms with E-state index in [0.717, 1.165) is 46.3 Å². The number of nitrogens with zero attached hydrogens (tertiary/aromatic N) is 3. The van der Waals surface area contributed by atoms with Gasteiger partial charge in [0.2, 0.25) is 0 Å². The van der Waals surface area contributed by atoms with Crippen molar-refractivity contribution in [2.75, 3.05) is 59.0 Å². The lowest BCUT2D eigenvalue weighted by molar-refractivity contribution is -0.144. The number of aryl methyl sites for hydroxylation is 1. The average molecular weight is 742 g/mol. The van der Waals surface area contributed by atoms with E-state index in [9.17, 15) is 52.3 Å². The van der Waals surface area contributed by atoms with Crippen molar-refractivity contribution in [2.45, 2.75) is 43.7 Å². The highest BCUT2D eigenvalue weighted by atomic mass is 32.2. The fourth-order valence-corrected chi connectivity index (χ4v) is 5.62. The van der Waals surface area contributed by atoms with Crippen molar-refractivity contribution >= 4 is 40.0 Å². The van der Waals surface area contributed by atoms with E-state index in [2.05, 4.69) is 6.92 Å². The van der Waals surface area contributed by atoms with Crippen LogP contribution in [0, 0.1) is 0 Å². The smallest absolute Gasteiger partial charge is 0.317 e. The first-order chi connectivity index (χ1) is 24.0. The van der Waals surface area contributed by atoms with E-state index < -0.39 is 103 Å². The van der Waals surface area contributed by atoms with Crippen LogP contribution < -0.4 is 9.47 Å². The maximum atomic E-state index is 12.4. The maximum absolute atomic E-state index is 12.4. The summed E-state index contributed by atoms with van der Waals surface area (Å²) in [4.78, 5) is 59.9. The molecule has 0 radical (unpaired) electrons. The Kier molecular flexibility index (Phi) is 17.2. The number of carboxylic acids is 5. The monoisotopic (exact) mass is 741 g/mol. The fraction of sp³-hybridized carbons (Fsp3) is 0.469. The van der Waals surface area contributed by atoms with E-state index in [4.69, 9.17) is 19.7 Å².